The Labute approximate surface area is 162 Å². The number of fused-ring (bicyclic) bond motifs is 2. The van der Waals surface area contributed by atoms with Crippen molar-refractivity contribution in [3.8, 4) is 11.4 Å². The summed E-state index contributed by atoms with van der Waals surface area (Å²) in [4.78, 5) is 30.0. The van der Waals surface area contributed by atoms with E-state index in [1.807, 2.05) is 12.1 Å². The van der Waals surface area contributed by atoms with Crippen molar-refractivity contribution in [3.63, 3.8) is 0 Å². The van der Waals surface area contributed by atoms with Gasteiger partial charge in [0.05, 0.1) is 5.69 Å². The second-order valence-corrected chi connectivity index (χ2v) is 7.35. The zero-order chi connectivity index (χ0) is 19.1. The van der Waals surface area contributed by atoms with Crippen LogP contribution in [0.1, 0.15) is 22.4 Å². The van der Waals surface area contributed by atoms with E-state index in [-0.39, 0.29) is 5.56 Å². The molecule has 3 aromatic heterocycles. The zero-order valence-corrected chi connectivity index (χ0v) is 15.7. The van der Waals surface area contributed by atoms with Crippen LogP contribution in [0, 0.1) is 6.92 Å². The van der Waals surface area contributed by atoms with Gasteiger partial charge in [0.1, 0.15) is 5.82 Å². The molecule has 2 N–H and O–H groups in total. The van der Waals surface area contributed by atoms with Gasteiger partial charge in [-0.15, -0.1) is 0 Å². The van der Waals surface area contributed by atoms with Crippen molar-refractivity contribution >= 4 is 10.9 Å². The Bertz CT molecular complexity index is 1210. The van der Waals surface area contributed by atoms with Crippen LogP contribution in [-0.4, -0.2) is 31.4 Å². The van der Waals surface area contributed by atoms with Gasteiger partial charge >= 0.3 is 0 Å². The average molecular weight is 371 g/mol. The standard InChI is InChI=1S/C22H21N5O/c1-14-3-2-4-17-16(11-24-20(14)17)12-27-10-7-18-19(13-27)25-21(26-22(18)28)15-5-8-23-9-6-15/h2-6,8-9,11,24H,7,10,12-13H2,1H3,(H,25,26,28). The summed E-state index contributed by atoms with van der Waals surface area (Å²) < 4.78 is 0. The molecule has 1 aliphatic heterocycles. The number of H-pyrrole nitrogens is 2. The minimum Gasteiger partial charge on any atom is -0.361 e. The highest BCUT2D eigenvalue weighted by atomic mass is 16.1. The lowest BCUT2D eigenvalue weighted by Gasteiger charge is -2.27. The van der Waals surface area contributed by atoms with E-state index in [1.165, 1.54) is 22.0 Å². The van der Waals surface area contributed by atoms with Crippen molar-refractivity contribution in [2.24, 2.45) is 0 Å². The van der Waals surface area contributed by atoms with E-state index in [0.717, 1.165) is 36.3 Å². The van der Waals surface area contributed by atoms with E-state index in [2.05, 4.69) is 51.2 Å². The van der Waals surface area contributed by atoms with Crippen molar-refractivity contribution < 1.29 is 0 Å². The van der Waals surface area contributed by atoms with Gasteiger partial charge in [0.2, 0.25) is 0 Å². The van der Waals surface area contributed by atoms with Gasteiger partial charge < -0.3 is 9.97 Å². The molecule has 4 heterocycles. The Morgan fingerprint density at radius 2 is 2.04 bits per heavy atom. The summed E-state index contributed by atoms with van der Waals surface area (Å²) in [7, 11) is 0. The van der Waals surface area contributed by atoms with Gasteiger partial charge in [-0.2, -0.15) is 0 Å². The first kappa shape index (κ1) is 16.9. The number of nitrogens with one attached hydrogen (secondary N) is 2. The molecule has 1 aromatic carbocycles. The van der Waals surface area contributed by atoms with E-state index in [1.54, 1.807) is 12.4 Å². The molecule has 4 aromatic rings. The molecular formula is C22H21N5O. The molecule has 1 aliphatic rings. The van der Waals surface area contributed by atoms with Crippen LogP contribution in [0.15, 0.2) is 53.7 Å². The Morgan fingerprint density at radius 3 is 2.89 bits per heavy atom. The van der Waals surface area contributed by atoms with Crippen LogP contribution in [-0.2, 0) is 19.5 Å². The van der Waals surface area contributed by atoms with Crippen molar-refractivity contribution in [2.75, 3.05) is 6.54 Å². The van der Waals surface area contributed by atoms with Gasteiger partial charge in [-0.3, -0.25) is 14.7 Å². The second-order valence-electron chi connectivity index (χ2n) is 7.35. The highest BCUT2D eigenvalue weighted by molar-refractivity contribution is 5.85. The van der Waals surface area contributed by atoms with Gasteiger partial charge in [0, 0.05) is 60.3 Å². The topological polar surface area (TPSA) is 77.7 Å². The third-order valence-corrected chi connectivity index (χ3v) is 5.51. The number of pyridine rings is 1. The minimum atomic E-state index is -0.0285. The lowest BCUT2D eigenvalue weighted by atomic mass is 10.0. The maximum atomic E-state index is 12.6. The molecule has 0 spiro atoms. The number of nitrogens with zero attached hydrogens (tertiary/aromatic N) is 3. The molecule has 0 radical (unpaired) electrons. The fourth-order valence-electron chi connectivity index (χ4n) is 4.01. The van der Waals surface area contributed by atoms with Crippen LogP contribution in [0.2, 0.25) is 0 Å². The lowest BCUT2D eigenvalue weighted by Crippen LogP contribution is -2.35. The maximum Gasteiger partial charge on any atom is 0.254 e. The van der Waals surface area contributed by atoms with Crippen LogP contribution in [0.25, 0.3) is 22.3 Å². The number of rotatable bonds is 3. The molecule has 28 heavy (non-hydrogen) atoms. The van der Waals surface area contributed by atoms with Crippen LogP contribution in [0.5, 0.6) is 0 Å². The third kappa shape index (κ3) is 2.92. The number of hydrogen-bond donors (Lipinski definition) is 2. The van der Waals surface area contributed by atoms with E-state index in [0.29, 0.717) is 12.4 Å². The van der Waals surface area contributed by atoms with Crippen molar-refractivity contribution in [3.05, 3.63) is 81.7 Å². The smallest absolute Gasteiger partial charge is 0.254 e. The van der Waals surface area contributed by atoms with Gasteiger partial charge in [0.25, 0.3) is 5.56 Å². The SMILES string of the molecule is Cc1cccc2c(CN3CCc4c(nc(-c5ccncc5)[nH]c4=O)C3)c[nH]c12. The molecule has 6 nitrogen and oxygen atoms in total. The minimum absolute atomic E-state index is 0.0285. The summed E-state index contributed by atoms with van der Waals surface area (Å²) in [5.41, 5.74) is 6.26. The van der Waals surface area contributed by atoms with Gasteiger partial charge in [0.15, 0.2) is 0 Å². The molecule has 0 saturated carbocycles. The lowest BCUT2D eigenvalue weighted by molar-refractivity contribution is 0.241. The largest absolute Gasteiger partial charge is 0.361 e. The average Bonchev–Trinajstić information content (AvgIpc) is 3.12. The molecule has 6 heteroatoms. The molecule has 0 saturated heterocycles. The van der Waals surface area contributed by atoms with Crippen molar-refractivity contribution in [2.45, 2.75) is 26.4 Å². The second kappa shape index (κ2) is 6.73. The normalized spacial score (nSPS) is 14.3. The van der Waals surface area contributed by atoms with E-state index >= 15 is 0 Å². The summed E-state index contributed by atoms with van der Waals surface area (Å²) in [6, 6.07) is 10.1. The number of hydrogen-bond acceptors (Lipinski definition) is 4. The van der Waals surface area contributed by atoms with Crippen LogP contribution in [0.3, 0.4) is 0 Å². The molecule has 0 fully saturated rings. The molecule has 0 aliphatic carbocycles. The highest BCUT2D eigenvalue weighted by Gasteiger charge is 2.22. The predicted octanol–water partition coefficient (Wildman–Crippen LogP) is 3.18. The Hall–Kier alpha value is -3.25. The monoisotopic (exact) mass is 371 g/mol. The summed E-state index contributed by atoms with van der Waals surface area (Å²) in [6.07, 6.45) is 6.23. The first-order valence-electron chi connectivity index (χ1n) is 9.49. The van der Waals surface area contributed by atoms with Crippen LogP contribution in [0.4, 0.5) is 0 Å². The van der Waals surface area contributed by atoms with E-state index in [4.69, 9.17) is 4.98 Å². The zero-order valence-electron chi connectivity index (χ0n) is 15.7. The first-order chi connectivity index (χ1) is 13.7. The fourth-order valence-corrected chi connectivity index (χ4v) is 4.01. The molecular weight excluding hydrogens is 350 g/mol. The number of aromatic amines is 2. The third-order valence-electron chi connectivity index (χ3n) is 5.51. The summed E-state index contributed by atoms with van der Waals surface area (Å²) >= 11 is 0. The maximum absolute atomic E-state index is 12.6. The molecule has 5 rings (SSSR count). The molecule has 0 atom stereocenters. The summed E-state index contributed by atoms with van der Waals surface area (Å²) in [6.45, 7) is 4.49. The van der Waals surface area contributed by atoms with Crippen molar-refractivity contribution in [1.29, 1.82) is 0 Å². The summed E-state index contributed by atoms with van der Waals surface area (Å²) in [5.74, 6) is 0.607. The van der Waals surface area contributed by atoms with Crippen LogP contribution < -0.4 is 5.56 Å². The van der Waals surface area contributed by atoms with Crippen LogP contribution >= 0.6 is 0 Å². The number of benzene rings is 1. The van der Waals surface area contributed by atoms with Gasteiger partial charge in [-0.1, -0.05) is 18.2 Å². The molecule has 140 valence electrons. The number of aromatic nitrogens is 4. The van der Waals surface area contributed by atoms with Gasteiger partial charge in [-0.25, -0.2) is 4.98 Å². The fraction of sp³-hybridized carbons (Fsp3) is 0.227. The Kier molecular flexibility index (Phi) is 4.06. The Balaban J connectivity index is 1.45. The van der Waals surface area contributed by atoms with E-state index in [9.17, 15) is 4.79 Å². The molecule has 0 unspecified atom stereocenters. The first-order valence-corrected chi connectivity index (χ1v) is 9.49. The predicted molar refractivity (Wildman–Crippen MR) is 109 cm³/mol. The van der Waals surface area contributed by atoms with E-state index < -0.39 is 0 Å². The molecule has 0 bridgehead atoms. The highest BCUT2D eigenvalue weighted by Crippen LogP contribution is 2.25. The van der Waals surface area contributed by atoms with Gasteiger partial charge in [-0.05, 0) is 36.6 Å². The number of para-hydroxylation sites is 1. The Morgan fingerprint density at radius 1 is 1.18 bits per heavy atom. The summed E-state index contributed by atoms with van der Waals surface area (Å²) in [5, 5.41) is 1.27. The molecule has 0 amide bonds. The number of aryl methyl sites for hydroxylation is 1. The van der Waals surface area contributed by atoms with Crippen molar-refractivity contribution in [1.82, 2.24) is 24.8 Å². The quantitative estimate of drug-likeness (QED) is 0.580.